The highest BCUT2D eigenvalue weighted by Crippen LogP contribution is 2.49. The standard InChI is InChI=1S/C29H33N5O2S.C24H29N7O2S.C24H31N5O2S.C23H30N6O2S/c30-28-27-26(18-34(29(27)32-20-31-28)25-15-23(16-25)17-33-11-5-12-33)24-9-4-8-21(14-24)10-13-37(35,36)19-22-6-2-1-3-7-22;1-16-11-30(34(32,33)28-16)13-17-4-2-5-19(8-17)21-14-31(24-22(21)23(25)26-15-27-24)20-9-18(10-20)12-29-6-3-7-29;1-2-32(30,31)10-7-17-5-3-6-19(11-17)21-15-29(24-22(21)23(25)26-16-27-24)20-12-18(13-20)14-28-8-4-9-28;1-25-32(30,31)9-6-16-4-2-5-18(10-16)20-14-29(23-21(20)22(24)26-15-27-23)19-11-17(12-19)13-28-7-3-8-28/h1-4,6-9,14,18,20,23,25H,5,10-13,15-17,19H2,(H2,30,31,32);2,4-5,8,14-15,18,20,28H,1,3,6-7,9-13H2,(H2,25,26,27);3,5-6,11,15-16,18,20H,2,4,7-10,12-14H2,1H3,(H2,25,26,27);2,4-5,10,14-15,17,19,25H,3,6-9,11-13H2,1H3,(H2,24,26,27). The summed E-state index contributed by atoms with van der Waals surface area (Å²) in [4.78, 5) is 45.6. The van der Waals surface area contributed by atoms with Gasteiger partial charge in [-0.05, 0) is 236 Å². The van der Waals surface area contributed by atoms with Gasteiger partial charge in [-0.15, -0.1) is 0 Å². The Balaban J connectivity index is 0.000000116. The van der Waals surface area contributed by atoms with Crippen LogP contribution in [0, 0.1) is 23.7 Å². The summed E-state index contributed by atoms with van der Waals surface area (Å²) in [5.41, 5.74) is 42.0. The van der Waals surface area contributed by atoms with Crippen molar-refractivity contribution in [1.82, 2.24) is 91.5 Å². The van der Waals surface area contributed by atoms with Gasteiger partial charge in [0.25, 0.3) is 0 Å². The number of aryl methyl sites for hydroxylation is 3. The largest absolute Gasteiger partial charge is 0.383 e. The van der Waals surface area contributed by atoms with Crippen molar-refractivity contribution < 1.29 is 33.7 Å². The molecule has 8 aromatic heterocycles. The lowest BCUT2D eigenvalue weighted by Gasteiger charge is -2.42. The second-order valence-corrected chi connectivity index (χ2v) is 47.0. The van der Waals surface area contributed by atoms with Gasteiger partial charge in [0.15, 0.2) is 9.84 Å². The molecule has 13 aromatic rings. The first-order valence-electron chi connectivity index (χ1n) is 47.7. The van der Waals surface area contributed by atoms with E-state index < -0.39 is 39.9 Å². The van der Waals surface area contributed by atoms with E-state index in [1.807, 2.05) is 103 Å². The fourth-order valence-corrected chi connectivity index (χ4v) is 25.0. The first-order valence-corrected chi connectivity index (χ1v) is 54.4. The number of rotatable bonds is 31. The predicted octanol–water partition coefficient (Wildman–Crippen LogP) is 12.7. The highest BCUT2D eigenvalue weighted by Gasteiger charge is 2.40. The van der Waals surface area contributed by atoms with Gasteiger partial charge in [-0.25, -0.2) is 69.8 Å². The number of likely N-dealkylation sites (tertiary alicyclic amines) is 4. The maximum absolute atomic E-state index is 12.7. The molecule has 0 spiro atoms. The molecule has 9 fully saturated rings. The Morgan fingerprint density at radius 3 is 1.00 bits per heavy atom. The van der Waals surface area contributed by atoms with Crippen molar-refractivity contribution in [3.05, 3.63) is 218 Å². The maximum atomic E-state index is 12.7. The number of sulfone groups is 2. The van der Waals surface area contributed by atoms with Gasteiger partial charge in [0.05, 0.1) is 51.1 Å². The van der Waals surface area contributed by atoms with Gasteiger partial charge in [-0.1, -0.05) is 135 Å². The van der Waals surface area contributed by atoms with Crippen LogP contribution in [0.15, 0.2) is 190 Å². The molecule has 0 bridgehead atoms. The van der Waals surface area contributed by atoms with E-state index in [1.54, 1.807) is 19.6 Å². The Hall–Kier alpha value is -11.1. The van der Waals surface area contributed by atoms with E-state index in [0.29, 0.717) is 72.4 Å². The summed E-state index contributed by atoms with van der Waals surface area (Å²) >= 11 is 0. The number of nitrogens with two attached hydrogens (primary N) is 4. The molecule has 710 valence electrons. The summed E-state index contributed by atoms with van der Waals surface area (Å²) in [5, 5.41) is 3.49. The summed E-state index contributed by atoms with van der Waals surface area (Å²) in [7, 11) is -11.6. The lowest BCUT2D eigenvalue weighted by atomic mass is 9.79. The monoisotopic (exact) mass is 1900 g/mol. The van der Waals surface area contributed by atoms with E-state index in [-0.39, 0.29) is 41.9 Å². The van der Waals surface area contributed by atoms with Crippen LogP contribution in [0.1, 0.15) is 136 Å². The summed E-state index contributed by atoms with van der Waals surface area (Å²) < 4.78 is 113. The average Bonchev–Trinajstić information content (AvgIpc) is 1.61. The third-order valence-corrected chi connectivity index (χ3v) is 35.3. The Bertz CT molecular complexity index is 6800. The van der Waals surface area contributed by atoms with E-state index in [4.69, 9.17) is 22.9 Å². The molecule has 5 saturated heterocycles. The molecule has 10 N–H and O–H groups in total. The van der Waals surface area contributed by atoms with E-state index in [2.05, 4.69) is 143 Å². The van der Waals surface area contributed by atoms with Crippen molar-refractivity contribution >= 4 is 107 Å². The molecule has 135 heavy (non-hydrogen) atoms. The van der Waals surface area contributed by atoms with Gasteiger partial charge >= 0.3 is 10.2 Å². The summed E-state index contributed by atoms with van der Waals surface area (Å²) in [6.45, 7) is 20.7. The normalized spacial score (nSPS) is 21.8. The van der Waals surface area contributed by atoms with E-state index in [1.165, 1.54) is 141 Å². The fourth-order valence-electron chi connectivity index (χ4n) is 20.8. The molecule has 0 radical (unpaired) electrons. The summed E-state index contributed by atoms with van der Waals surface area (Å²) in [6.07, 6.45) is 30.8. The second-order valence-electron chi connectivity index (χ2n) is 38.6. The molecule has 0 unspecified atom stereocenters. The van der Waals surface area contributed by atoms with Gasteiger partial charge in [-0.3, -0.25) is 4.72 Å². The molecule has 22 rings (SSSR count). The van der Waals surface area contributed by atoms with Crippen LogP contribution in [0.2, 0.25) is 0 Å². The first-order chi connectivity index (χ1) is 65.2. The molecule has 0 amide bonds. The molecule has 4 saturated carbocycles. The molecule has 9 aliphatic rings. The van der Waals surface area contributed by atoms with Crippen molar-refractivity contribution in [1.29, 1.82) is 0 Å². The molecule has 13 heterocycles. The van der Waals surface area contributed by atoms with Crippen molar-refractivity contribution in [2.75, 3.05) is 138 Å². The molecule has 4 aliphatic carbocycles. The molecular weight excluding hydrogens is 1780 g/mol. The van der Waals surface area contributed by atoms with Crippen molar-refractivity contribution in [3.8, 4) is 44.5 Å². The van der Waals surface area contributed by atoms with E-state index >= 15 is 0 Å². The number of sulfonamides is 1. The number of nitrogens with one attached hydrogen (secondary N) is 2. The highest BCUT2D eigenvalue weighted by molar-refractivity contribution is 7.91. The number of hydrogen-bond donors (Lipinski definition) is 6. The van der Waals surface area contributed by atoms with Crippen LogP contribution in [0.3, 0.4) is 0 Å². The average molecular weight is 1900 g/mol. The van der Waals surface area contributed by atoms with Gasteiger partial charge in [0.2, 0.25) is 10.0 Å². The van der Waals surface area contributed by atoms with E-state index in [9.17, 15) is 33.7 Å². The third-order valence-electron chi connectivity index (χ3n) is 29.2. The van der Waals surface area contributed by atoms with Crippen LogP contribution in [0.25, 0.3) is 88.6 Å². The van der Waals surface area contributed by atoms with Gasteiger partial charge in [0.1, 0.15) is 81.0 Å². The van der Waals surface area contributed by atoms with Gasteiger partial charge in [0, 0.05) is 115 Å². The molecule has 35 heteroatoms. The maximum Gasteiger partial charge on any atom is 0.302 e. The zero-order chi connectivity index (χ0) is 93.4. The Morgan fingerprint density at radius 2 is 0.704 bits per heavy atom. The number of anilines is 4. The first kappa shape index (κ1) is 92.9. The van der Waals surface area contributed by atoms with Crippen LogP contribution in [-0.4, -0.2) is 231 Å². The molecule has 5 aliphatic heterocycles. The minimum absolute atomic E-state index is 0.0560. The quantitative estimate of drug-likeness (QED) is 0.0235. The van der Waals surface area contributed by atoms with E-state index in [0.717, 1.165) is 179 Å². The second kappa shape index (κ2) is 39.5. The number of hydrogen-bond acceptors (Lipinski definition) is 24. The van der Waals surface area contributed by atoms with Crippen LogP contribution in [-0.2, 0) is 71.5 Å². The minimum atomic E-state index is -3.53. The van der Waals surface area contributed by atoms with Crippen molar-refractivity contribution in [2.24, 2.45) is 23.7 Å². The Kier molecular flexibility index (Phi) is 27.2. The summed E-state index contributed by atoms with van der Waals surface area (Å²) in [6, 6.07) is 43.2. The van der Waals surface area contributed by atoms with Crippen LogP contribution in [0.5, 0.6) is 0 Å². The minimum Gasteiger partial charge on any atom is -0.383 e. The number of aromatic nitrogens is 12. The zero-order valence-corrected chi connectivity index (χ0v) is 80.2. The lowest BCUT2D eigenvalue weighted by Crippen LogP contribution is -2.43. The fraction of sp³-hybridized carbons (Fsp3) is 0.440. The van der Waals surface area contributed by atoms with Crippen LogP contribution >= 0.6 is 0 Å². The Morgan fingerprint density at radius 1 is 0.400 bits per heavy atom. The van der Waals surface area contributed by atoms with Gasteiger partial charge < -0.3 is 60.8 Å². The number of nitrogen functional groups attached to an aromatic ring is 4. The predicted molar refractivity (Wildman–Crippen MR) is 535 cm³/mol. The Labute approximate surface area is 790 Å². The number of fused-ring (bicyclic) bond motifs is 4. The molecule has 0 atom stereocenters. The number of nitrogens with zero attached hydrogens (tertiary/aromatic N) is 17. The molecule has 5 aromatic carbocycles. The SMILES string of the molecule is C=C1CN(Cc2cccc(-c3cn(C4CC(CN5CCC5)C4)c4ncnc(N)c34)c2)S(=O)(=O)N1.CCS(=O)(=O)CCc1cccc(-c2cn(C3CC(CN4CCC4)C3)c3ncnc(N)c23)c1.CNS(=O)(=O)CCc1cccc(-c2cn(C3CC(CN4CCC4)C3)c3ncnc(N)c23)c1.Nc1ncnc2c1c(-c1cccc(CCS(=O)(=O)Cc3ccccc3)c1)cn2C1CC(CN2CCC2)C1. The molecular formula is C100H123N23O8S4. The van der Waals surface area contributed by atoms with Crippen LogP contribution < -0.4 is 32.4 Å². The third kappa shape index (κ3) is 20.9. The smallest absolute Gasteiger partial charge is 0.302 e. The zero-order valence-electron chi connectivity index (χ0n) is 76.9. The summed E-state index contributed by atoms with van der Waals surface area (Å²) in [5.74, 6) is 5.45. The van der Waals surface area contributed by atoms with Crippen LogP contribution in [0.4, 0.5) is 23.3 Å². The van der Waals surface area contributed by atoms with Crippen molar-refractivity contribution in [3.63, 3.8) is 0 Å². The molecule has 31 nitrogen and oxygen atoms in total. The van der Waals surface area contributed by atoms with Crippen molar-refractivity contribution in [2.45, 2.75) is 140 Å². The van der Waals surface area contributed by atoms with Gasteiger partial charge in [-0.2, -0.15) is 12.7 Å². The highest BCUT2D eigenvalue weighted by atomic mass is 32.2. The topological polar surface area (TPSA) is 404 Å². The lowest BCUT2D eigenvalue weighted by molar-refractivity contribution is 0.0921. The number of benzene rings is 5.